The number of aryl methyl sites for hydroxylation is 1. The molecule has 4 aromatic rings. The number of morpholine rings is 1. The number of anilines is 1. The van der Waals surface area contributed by atoms with Gasteiger partial charge in [-0.15, -0.1) is 0 Å². The molecule has 0 spiro atoms. The van der Waals surface area contributed by atoms with Crippen LogP contribution in [0.4, 0.5) is 5.69 Å². The average molecular weight is 495 g/mol. The first-order valence-electron chi connectivity index (χ1n) is 10.4. The van der Waals surface area contributed by atoms with Crippen molar-refractivity contribution in [3.63, 3.8) is 0 Å². The van der Waals surface area contributed by atoms with Crippen molar-refractivity contribution in [3.05, 3.63) is 58.0 Å². The van der Waals surface area contributed by atoms with Crippen LogP contribution in [0.1, 0.15) is 21.7 Å². The number of H-pyrrole nitrogens is 1. The molecule has 0 saturated carbocycles. The van der Waals surface area contributed by atoms with Crippen molar-refractivity contribution in [2.45, 2.75) is 13.8 Å². The quantitative estimate of drug-likeness (QED) is 0.450. The number of rotatable bonds is 3. The zero-order valence-electron chi connectivity index (χ0n) is 17.9. The third-order valence-corrected chi connectivity index (χ3v) is 6.48. The largest absolute Gasteiger partial charge is 0.396 e. The first kappa shape index (κ1) is 20.7. The number of ether oxygens (including phenoxy) is 1. The molecule has 1 amide bonds. The average Bonchev–Trinajstić information content (AvgIpc) is 3.37. The van der Waals surface area contributed by atoms with Gasteiger partial charge in [0.25, 0.3) is 5.91 Å². The fourth-order valence-electron chi connectivity index (χ4n) is 4.21. The number of imidazole rings is 1. The number of carbonyl (C=O) groups excluding carboxylic acids is 1. The standard InChI is InChI=1S/C23H23BrN6O2/c1-13-10-17(21-27-20-19(25)18(24)12-26-22(20)28-21)14(2)30(13)16-5-3-4-15(11-16)23(31)29-6-8-32-9-7-29/h3-5,10-12H,6-9H2,1-2H3,(H3,25,26,27,28). The van der Waals surface area contributed by atoms with E-state index in [2.05, 4.69) is 41.5 Å². The zero-order valence-corrected chi connectivity index (χ0v) is 19.4. The fraction of sp³-hybridized carbons (Fsp3) is 0.261. The van der Waals surface area contributed by atoms with Crippen LogP contribution in [-0.2, 0) is 4.74 Å². The highest BCUT2D eigenvalue weighted by Gasteiger charge is 2.21. The first-order chi connectivity index (χ1) is 15.4. The van der Waals surface area contributed by atoms with E-state index in [9.17, 15) is 4.79 Å². The second-order valence-corrected chi connectivity index (χ2v) is 8.73. The van der Waals surface area contributed by atoms with Crippen LogP contribution < -0.4 is 5.73 Å². The van der Waals surface area contributed by atoms with E-state index in [1.54, 1.807) is 6.20 Å². The maximum atomic E-state index is 13.0. The van der Waals surface area contributed by atoms with Gasteiger partial charge in [-0.05, 0) is 54.0 Å². The molecule has 0 bridgehead atoms. The summed E-state index contributed by atoms with van der Waals surface area (Å²) >= 11 is 3.41. The number of hydrogen-bond acceptors (Lipinski definition) is 5. The molecule has 1 saturated heterocycles. The summed E-state index contributed by atoms with van der Waals surface area (Å²) in [6.07, 6.45) is 1.66. The number of nitrogens with zero attached hydrogens (tertiary/aromatic N) is 4. The number of nitrogen functional groups attached to an aromatic ring is 1. The normalized spacial score (nSPS) is 14.3. The second kappa shape index (κ2) is 8.07. The summed E-state index contributed by atoms with van der Waals surface area (Å²) in [5.41, 5.74) is 12.6. The first-order valence-corrected chi connectivity index (χ1v) is 11.2. The molecule has 0 unspecified atom stereocenters. The predicted molar refractivity (Wildman–Crippen MR) is 127 cm³/mol. The zero-order chi connectivity index (χ0) is 22.4. The molecule has 0 aliphatic carbocycles. The Kier molecular flexibility index (Phi) is 5.22. The van der Waals surface area contributed by atoms with E-state index in [4.69, 9.17) is 10.5 Å². The molecular weight excluding hydrogens is 472 g/mol. The van der Waals surface area contributed by atoms with Gasteiger partial charge in [0, 0.05) is 47.5 Å². The third kappa shape index (κ3) is 3.47. The van der Waals surface area contributed by atoms with Crippen LogP contribution in [0.2, 0.25) is 0 Å². The van der Waals surface area contributed by atoms with Crippen LogP contribution in [0.25, 0.3) is 28.2 Å². The predicted octanol–water partition coefficient (Wildman–Crippen LogP) is 3.85. The van der Waals surface area contributed by atoms with Crippen LogP contribution in [0.5, 0.6) is 0 Å². The number of carbonyl (C=O) groups is 1. The van der Waals surface area contributed by atoms with Crippen molar-refractivity contribution in [3.8, 4) is 17.1 Å². The molecule has 1 aliphatic heterocycles. The van der Waals surface area contributed by atoms with Gasteiger partial charge in [-0.2, -0.15) is 0 Å². The summed E-state index contributed by atoms with van der Waals surface area (Å²) < 4.78 is 8.23. The summed E-state index contributed by atoms with van der Waals surface area (Å²) in [5.74, 6) is 0.736. The Hall–Kier alpha value is -3.17. The lowest BCUT2D eigenvalue weighted by Gasteiger charge is -2.27. The lowest BCUT2D eigenvalue weighted by atomic mass is 10.1. The Balaban J connectivity index is 1.54. The van der Waals surface area contributed by atoms with Crippen molar-refractivity contribution in [1.29, 1.82) is 0 Å². The van der Waals surface area contributed by atoms with Crippen LogP contribution >= 0.6 is 15.9 Å². The van der Waals surface area contributed by atoms with Gasteiger partial charge >= 0.3 is 0 Å². The van der Waals surface area contributed by atoms with Gasteiger partial charge in [0.15, 0.2) is 5.65 Å². The van der Waals surface area contributed by atoms with Crippen LogP contribution in [0, 0.1) is 13.8 Å². The van der Waals surface area contributed by atoms with Gasteiger partial charge in [0.05, 0.1) is 23.4 Å². The van der Waals surface area contributed by atoms with E-state index in [-0.39, 0.29) is 5.91 Å². The van der Waals surface area contributed by atoms with E-state index in [1.807, 2.05) is 43.0 Å². The SMILES string of the molecule is Cc1cc(-c2nc3ncc(Br)c(N)c3[nH]2)c(C)n1-c1cccc(C(=O)N2CCOCC2)c1. The van der Waals surface area contributed by atoms with E-state index >= 15 is 0 Å². The number of hydrogen-bond donors (Lipinski definition) is 2. The molecule has 1 fully saturated rings. The number of nitrogens with one attached hydrogen (secondary N) is 1. The smallest absolute Gasteiger partial charge is 0.254 e. The monoisotopic (exact) mass is 494 g/mol. The number of halogens is 1. The third-order valence-electron chi connectivity index (χ3n) is 5.85. The number of benzene rings is 1. The van der Waals surface area contributed by atoms with Gasteiger partial charge in [-0.3, -0.25) is 4.79 Å². The molecular formula is C23H23BrN6O2. The number of aromatic amines is 1. The van der Waals surface area contributed by atoms with Crippen molar-refractivity contribution >= 4 is 38.7 Å². The summed E-state index contributed by atoms with van der Waals surface area (Å²) in [5, 5.41) is 0. The molecule has 9 heteroatoms. The highest BCUT2D eigenvalue weighted by molar-refractivity contribution is 9.10. The lowest BCUT2D eigenvalue weighted by molar-refractivity contribution is 0.0303. The van der Waals surface area contributed by atoms with Gasteiger partial charge in [-0.25, -0.2) is 9.97 Å². The lowest BCUT2D eigenvalue weighted by Crippen LogP contribution is -2.40. The highest BCUT2D eigenvalue weighted by Crippen LogP contribution is 2.32. The molecule has 32 heavy (non-hydrogen) atoms. The van der Waals surface area contributed by atoms with Crippen LogP contribution in [0.15, 0.2) is 41.0 Å². The Morgan fingerprint density at radius 1 is 1.22 bits per heavy atom. The Bertz CT molecular complexity index is 1340. The number of aromatic nitrogens is 4. The van der Waals surface area contributed by atoms with Crippen molar-refractivity contribution in [2.24, 2.45) is 0 Å². The molecule has 0 radical (unpaired) electrons. The van der Waals surface area contributed by atoms with E-state index < -0.39 is 0 Å². The Labute approximate surface area is 193 Å². The van der Waals surface area contributed by atoms with Gasteiger partial charge in [-0.1, -0.05) is 6.07 Å². The minimum atomic E-state index is 0.0299. The van der Waals surface area contributed by atoms with Crippen molar-refractivity contribution in [1.82, 2.24) is 24.4 Å². The van der Waals surface area contributed by atoms with Crippen molar-refractivity contribution in [2.75, 3.05) is 32.0 Å². The topological polar surface area (TPSA) is 102 Å². The van der Waals surface area contributed by atoms with Crippen LogP contribution in [-0.4, -0.2) is 56.6 Å². The molecule has 164 valence electrons. The maximum Gasteiger partial charge on any atom is 0.254 e. The molecule has 3 N–H and O–H groups in total. The maximum absolute atomic E-state index is 13.0. The summed E-state index contributed by atoms with van der Waals surface area (Å²) in [6.45, 7) is 6.48. The van der Waals surface area contributed by atoms with E-state index in [1.165, 1.54) is 0 Å². The molecule has 5 rings (SSSR count). The molecule has 1 aromatic carbocycles. The fourth-order valence-corrected chi connectivity index (χ4v) is 4.51. The highest BCUT2D eigenvalue weighted by atomic mass is 79.9. The van der Waals surface area contributed by atoms with Crippen LogP contribution in [0.3, 0.4) is 0 Å². The molecule has 0 atom stereocenters. The Morgan fingerprint density at radius 2 is 2.00 bits per heavy atom. The molecule has 1 aliphatic rings. The molecule has 4 heterocycles. The minimum absolute atomic E-state index is 0.0299. The van der Waals surface area contributed by atoms with E-state index in [0.29, 0.717) is 54.5 Å². The summed E-state index contributed by atoms with van der Waals surface area (Å²) in [4.78, 5) is 27.1. The van der Waals surface area contributed by atoms with Gasteiger partial charge in [0.1, 0.15) is 11.3 Å². The number of fused-ring (bicyclic) bond motifs is 1. The van der Waals surface area contributed by atoms with Crippen molar-refractivity contribution < 1.29 is 9.53 Å². The molecule has 8 nitrogen and oxygen atoms in total. The second-order valence-electron chi connectivity index (χ2n) is 7.88. The summed E-state index contributed by atoms with van der Waals surface area (Å²) in [6, 6.07) is 9.81. The minimum Gasteiger partial charge on any atom is -0.396 e. The molecule has 3 aromatic heterocycles. The van der Waals surface area contributed by atoms with Gasteiger partial charge < -0.3 is 24.9 Å². The summed E-state index contributed by atoms with van der Waals surface area (Å²) in [7, 11) is 0. The van der Waals surface area contributed by atoms with Gasteiger partial charge in [0.2, 0.25) is 0 Å². The van der Waals surface area contributed by atoms with E-state index in [0.717, 1.165) is 27.1 Å². The number of pyridine rings is 1. The Morgan fingerprint density at radius 3 is 2.78 bits per heavy atom. The number of amides is 1. The number of nitrogens with two attached hydrogens (primary N) is 1.